The molecule has 0 aliphatic carbocycles. The number of nitrogens with one attached hydrogen (secondary N) is 1. The molecule has 6 rings (SSSR count). The maximum Gasteiger partial charge on any atom is 0.490 e. The van der Waals surface area contributed by atoms with E-state index in [9.17, 15) is 32.3 Å². The summed E-state index contributed by atoms with van der Waals surface area (Å²) in [5.74, 6) is -1.73. The first kappa shape index (κ1) is 40.7. The summed E-state index contributed by atoms with van der Waals surface area (Å²) < 4.78 is 40.5. The van der Waals surface area contributed by atoms with Crippen LogP contribution < -0.4 is 11.1 Å². The number of hydrogen-bond donors (Lipinski definition) is 2. The Hall–Kier alpha value is -5.49. The van der Waals surface area contributed by atoms with Gasteiger partial charge >= 0.3 is 12.1 Å². The lowest BCUT2D eigenvalue weighted by Crippen LogP contribution is -2.52. The first-order chi connectivity index (χ1) is 25.9. The third kappa shape index (κ3) is 9.43. The number of amides is 3. The fourth-order valence-electron chi connectivity index (χ4n) is 6.52. The molecular weight excluding hydrogens is 745 g/mol. The molecule has 15 nitrogen and oxygen atoms in total. The fraction of sp³-hybridized carbons (Fsp3) is 0.417. The van der Waals surface area contributed by atoms with Gasteiger partial charge in [0.25, 0.3) is 11.8 Å². The highest BCUT2D eigenvalue weighted by atomic mass is 35.5. The van der Waals surface area contributed by atoms with Crippen LogP contribution in [0.15, 0.2) is 48.9 Å². The first-order valence-electron chi connectivity index (χ1n) is 17.4. The Morgan fingerprint density at radius 3 is 2.27 bits per heavy atom. The van der Waals surface area contributed by atoms with Crippen LogP contribution in [0, 0.1) is 5.92 Å². The summed E-state index contributed by atoms with van der Waals surface area (Å²) in [6.07, 6.45) is 1.79. The summed E-state index contributed by atoms with van der Waals surface area (Å²) in [6, 6.07) is 8.39. The molecule has 2 saturated heterocycles. The summed E-state index contributed by atoms with van der Waals surface area (Å²) in [5, 5.41) is 7.75. The van der Waals surface area contributed by atoms with Gasteiger partial charge in [0.15, 0.2) is 11.6 Å². The lowest BCUT2D eigenvalue weighted by molar-refractivity contribution is -0.878. The number of carbonyl (C=O) groups is 4. The average molecular weight is 788 g/mol. The van der Waals surface area contributed by atoms with Crippen LogP contribution in [-0.2, 0) is 27.8 Å². The van der Waals surface area contributed by atoms with Gasteiger partial charge in [0, 0.05) is 57.1 Å². The Balaban J connectivity index is 0.000000654. The summed E-state index contributed by atoms with van der Waals surface area (Å²) in [6.45, 7) is 5.76. The number of alkyl halides is 3. The van der Waals surface area contributed by atoms with E-state index in [2.05, 4.69) is 39.2 Å². The predicted octanol–water partition coefficient (Wildman–Crippen LogP) is 3.82. The molecule has 1 atom stereocenters. The molecule has 3 amide bonds. The number of ether oxygens (including phenoxy) is 1. The molecule has 2 fully saturated rings. The topological polar surface area (TPSA) is 171 Å². The van der Waals surface area contributed by atoms with Gasteiger partial charge in [-0.2, -0.15) is 18.3 Å². The number of benzene rings is 1. The van der Waals surface area contributed by atoms with Crippen LogP contribution in [0.1, 0.15) is 40.0 Å². The molecule has 3 N–H and O–H groups in total. The Bertz CT molecular complexity index is 2060. The maximum atomic E-state index is 13.4. The number of quaternary nitrogens is 1. The number of likely N-dealkylation sites (tertiary alicyclic amines) is 1. The van der Waals surface area contributed by atoms with Crippen LogP contribution in [0.2, 0.25) is 5.02 Å². The number of nitrogens with two attached hydrogens (primary N) is 1. The van der Waals surface area contributed by atoms with E-state index in [1.807, 2.05) is 18.0 Å². The number of pyridine rings is 1. The van der Waals surface area contributed by atoms with E-state index < -0.39 is 18.1 Å². The SMILES string of the molecule is CCc1nn(-c2ccc(N)cn2)cc1-c1cnc(C(=O)Nc2ccc(C(=O)N3CCN(C(=O)C4CC[N+](C)(C)C4)CC3)c(Cl)c2)n1C.COC(=O)C(F)(F)F. The van der Waals surface area contributed by atoms with E-state index in [0.29, 0.717) is 62.5 Å². The summed E-state index contributed by atoms with van der Waals surface area (Å²) in [4.78, 5) is 61.5. The highest BCUT2D eigenvalue weighted by Gasteiger charge is 2.40. The molecule has 294 valence electrons. The molecule has 0 saturated carbocycles. The Morgan fingerprint density at radius 2 is 1.73 bits per heavy atom. The molecule has 1 aromatic carbocycles. The summed E-state index contributed by atoms with van der Waals surface area (Å²) >= 11 is 6.57. The zero-order valence-corrected chi connectivity index (χ0v) is 31.8. The number of methoxy groups -OCH3 is 1. The standard InChI is InChI=1S/C33H39ClN10O3.C3H3F3O2/c1-5-27-25(19-43(39-27)29-9-6-22(35)17-36-29)28-18-37-30(40(28)2)31(45)38-23-7-8-24(26(34)16-23)33(47)42-13-11-41(12-14-42)32(46)21-10-15-44(3,4)20-21;1-8-2(7)3(4,5)6/h6-9,16-19,21H,5,10-15,20,35H2,1-4H3;1H3/p+1. The van der Waals surface area contributed by atoms with E-state index in [1.165, 1.54) is 0 Å². The first-order valence-corrected chi connectivity index (χ1v) is 17.8. The van der Waals surface area contributed by atoms with Crippen LogP contribution in [0.5, 0.6) is 0 Å². The highest BCUT2D eigenvalue weighted by molar-refractivity contribution is 6.34. The van der Waals surface area contributed by atoms with Gasteiger partial charge in [0.2, 0.25) is 5.91 Å². The van der Waals surface area contributed by atoms with Crippen LogP contribution in [0.4, 0.5) is 24.5 Å². The fourth-order valence-corrected chi connectivity index (χ4v) is 6.78. The quantitative estimate of drug-likeness (QED) is 0.209. The molecule has 1 unspecified atom stereocenters. The molecule has 0 spiro atoms. The minimum atomic E-state index is -4.85. The van der Waals surface area contributed by atoms with E-state index >= 15 is 0 Å². The second kappa shape index (κ2) is 16.5. The average Bonchev–Trinajstić information content (AvgIpc) is 3.86. The van der Waals surface area contributed by atoms with Gasteiger partial charge in [-0.15, -0.1) is 0 Å². The molecule has 55 heavy (non-hydrogen) atoms. The van der Waals surface area contributed by atoms with Crippen molar-refractivity contribution in [1.82, 2.24) is 34.1 Å². The molecule has 3 aromatic heterocycles. The van der Waals surface area contributed by atoms with E-state index in [1.54, 1.807) is 63.9 Å². The van der Waals surface area contributed by atoms with Gasteiger partial charge in [0.05, 0.1) is 80.3 Å². The van der Waals surface area contributed by atoms with E-state index in [-0.39, 0.29) is 28.6 Å². The van der Waals surface area contributed by atoms with Crippen molar-refractivity contribution >= 4 is 46.7 Å². The smallest absolute Gasteiger partial charge is 0.462 e. The number of imidazole rings is 1. The predicted molar refractivity (Wildman–Crippen MR) is 197 cm³/mol. The number of carbonyl (C=O) groups excluding carboxylic acids is 4. The zero-order chi connectivity index (χ0) is 40.2. The van der Waals surface area contributed by atoms with Gasteiger partial charge in [-0.3, -0.25) is 14.4 Å². The summed E-state index contributed by atoms with van der Waals surface area (Å²) in [5.41, 5.74) is 9.51. The number of anilines is 2. The van der Waals surface area contributed by atoms with Crippen LogP contribution in [0.25, 0.3) is 17.1 Å². The Labute approximate surface area is 320 Å². The number of aromatic nitrogens is 5. The lowest BCUT2D eigenvalue weighted by atomic mass is 10.1. The van der Waals surface area contributed by atoms with Crippen LogP contribution in [-0.4, -0.2) is 129 Å². The van der Waals surface area contributed by atoms with E-state index in [0.717, 1.165) is 40.9 Å². The van der Waals surface area contributed by atoms with Crippen molar-refractivity contribution in [2.45, 2.75) is 25.9 Å². The third-order valence-electron chi connectivity index (χ3n) is 9.50. The number of esters is 1. The van der Waals surface area contributed by atoms with Gasteiger partial charge in [-0.25, -0.2) is 19.4 Å². The van der Waals surface area contributed by atoms with Crippen molar-refractivity contribution in [2.75, 3.05) is 71.5 Å². The minimum absolute atomic E-state index is 0.0486. The number of rotatable bonds is 7. The van der Waals surface area contributed by atoms with Crippen molar-refractivity contribution in [3.63, 3.8) is 0 Å². The van der Waals surface area contributed by atoms with Gasteiger partial charge in [0.1, 0.15) is 0 Å². The molecule has 19 heteroatoms. The molecule has 2 aliphatic rings. The monoisotopic (exact) mass is 787 g/mol. The molecule has 2 aliphatic heterocycles. The van der Waals surface area contributed by atoms with Crippen molar-refractivity contribution in [3.05, 3.63) is 71.0 Å². The second-order valence-corrected chi connectivity index (χ2v) is 14.3. The van der Waals surface area contributed by atoms with Crippen LogP contribution >= 0.6 is 11.6 Å². The van der Waals surface area contributed by atoms with Crippen molar-refractivity contribution in [1.29, 1.82) is 0 Å². The molecule has 0 bridgehead atoms. The molecular formula is C36H43ClF3N10O5+. The van der Waals surface area contributed by atoms with Crippen molar-refractivity contribution in [2.24, 2.45) is 13.0 Å². The number of piperazine rings is 1. The van der Waals surface area contributed by atoms with Gasteiger partial charge < -0.3 is 34.6 Å². The van der Waals surface area contributed by atoms with Gasteiger partial charge in [-0.1, -0.05) is 18.5 Å². The third-order valence-corrected chi connectivity index (χ3v) is 9.81. The number of aryl methyl sites for hydroxylation is 1. The zero-order valence-electron chi connectivity index (χ0n) is 31.1. The largest absolute Gasteiger partial charge is 0.490 e. The van der Waals surface area contributed by atoms with Crippen molar-refractivity contribution < 1.29 is 41.6 Å². The number of nitrogens with zero attached hydrogens (tertiary/aromatic N) is 8. The molecule has 0 radical (unpaired) electrons. The Morgan fingerprint density at radius 1 is 1.04 bits per heavy atom. The molecule has 4 aromatic rings. The normalized spacial score (nSPS) is 16.6. The van der Waals surface area contributed by atoms with Gasteiger partial charge in [-0.05, 0) is 36.8 Å². The number of hydrogen-bond acceptors (Lipinski definition) is 9. The minimum Gasteiger partial charge on any atom is -0.462 e. The number of halogens is 4. The molecule has 5 heterocycles. The highest BCUT2D eigenvalue weighted by Crippen LogP contribution is 2.28. The van der Waals surface area contributed by atoms with E-state index in [4.69, 9.17) is 17.3 Å². The number of nitrogen functional groups attached to an aromatic ring is 1. The van der Waals surface area contributed by atoms with Crippen molar-refractivity contribution in [3.8, 4) is 17.1 Å². The summed E-state index contributed by atoms with van der Waals surface area (Å²) in [7, 11) is 6.75. The Kier molecular flexibility index (Phi) is 12.2. The second-order valence-electron chi connectivity index (χ2n) is 13.8. The lowest BCUT2D eigenvalue weighted by Gasteiger charge is -2.36. The van der Waals surface area contributed by atoms with Crippen LogP contribution in [0.3, 0.4) is 0 Å². The maximum absolute atomic E-state index is 13.4.